The number of carbonyl (C=O) groups is 1. The lowest BCUT2D eigenvalue weighted by molar-refractivity contribution is -0.122. The molecule has 3 nitrogen and oxygen atoms in total. The van der Waals surface area contributed by atoms with Crippen LogP contribution in [0.15, 0.2) is 53.0 Å². The molecule has 116 valence electrons. The zero-order chi connectivity index (χ0) is 15.9. The summed E-state index contributed by atoms with van der Waals surface area (Å²) >= 11 is 3.42. The maximum Gasteiger partial charge on any atom is 0.234 e. The molecule has 1 N–H and O–H groups in total. The van der Waals surface area contributed by atoms with Crippen molar-refractivity contribution >= 4 is 21.8 Å². The summed E-state index contributed by atoms with van der Waals surface area (Å²) in [6.07, 6.45) is 0. The van der Waals surface area contributed by atoms with Crippen LogP contribution in [0.25, 0.3) is 0 Å². The number of carbonyl (C=O) groups excluding carboxylic acids is 1. The number of hydrogen-bond acceptors (Lipinski definition) is 2. The van der Waals surface area contributed by atoms with E-state index in [2.05, 4.69) is 52.4 Å². The lowest BCUT2D eigenvalue weighted by atomic mass is 10.1. The predicted molar refractivity (Wildman–Crippen MR) is 93.5 cm³/mol. The molecule has 0 heterocycles. The Hall–Kier alpha value is -1.65. The Kier molecular flexibility index (Phi) is 6.16. The Morgan fingerprint density at radius 2 is 1.64 bits per heavy atom. The number of nitrogens with one attached hydrogen (secondary N) is 1. The number of benzene rings is 2. The van der Waals surface area contributed by atoms with Gasteiger partial charge in [-0.05, 0) is 37.2 Å². The van der Waals surface area contributed by atoms with Crippen molar-refractivity contribution in [2.75, 3.05) is 13.6 Å². The van der Waals surface area contributed by atoms with Crippen LogP contribution in [0.1, 0.15) is 16.7 Å². The number of hydrogen-bond donors (Lipinski definition) is 1. The first-order chi connectivity index (χ1) is 10.5. The molecule has 4 heteroatoms. The topological polar surface area (TPSA) is 32.3 Å². The van der Waals surface area contributed by atoms with Crippen molar-refractivity contribution in [1.82, 2.24) is 10.2 Å². The average molecular weight is 361 g/mol. The van der Waals surface area contributed by atoms with E-state index in [1.807, 2.05) is 36.2 Å². The second-order valence-corrected chi connectivity index (χ2v) is 6.48. The highest BCUT2D eigenvalue weighted by Gasteiger charge is 2.07. The van der Waals surface area contributed by atoms with E-state index in [9.17, 15) is 4.79 Å². The van der Waals surface area contributed by atoms with Crippen molar-refractivity contribution in [3.8, 4) is 0 Å². The molecule has 0 aliphatic heterocycles. The zero-order valence-electron chi connectivity index (χ0n) is 13.0. The van der Waals surface area contributed by atoms with Crippen molar-refractivity contribution in [2.45, 2.75) is 20.0 Å². The van der Waals surface area contributed by atoms with Gasteiger partial charge in [0.15, 0.2) is 0 Å². The summed E-state index contributed by atoms with van der Waals surface area (Å²) in [5, 5.41) is 2.96. The van der Waals surface area contributed by atoms with Gasteiger partial charge in [-0.15, -0.1) is 0 Å². The molecule has 0 atom stereocenters. The lowest BCUT2D eigenvalue weighted by Gasteiger charge is -2.16. The van der Waals surface area contributed by atoms with Gasteiger partial charge < -0.3 is 5.32 Å². The highest BCUT2D eigenvalue weighted by molar-refractivity contribution is 9.10. The summed E-state index contributed by atoms with van der Waals surface area (Å²) in [5.74, 6) is 0.0418. The van der Waals surface area contributed by atoms with Gasteiger partial charge in [0.1, 0.15) is 0 Å². The van der Waals surface area contributed by atoms with Crippen molar-refractivity contribution in [1.29, 1.82) is 0 Å². The maximum atomic E-state index is 12.0. The third kappa shape index (κ3) is 5.62. The summed E-state index contributed by atoms with van der Waals surface area (Å²) in [7, 11) is 1.95. The van der Waals surface area contributed by atoms with Crippen LogP contribution in [0, 0.1) is 6.92 Å². The highest BCUT2D eigenvalue weighted by atomic mass is 79.9. The quantitative estimate of drug-likeness (QED) is 0.854. The number of likely N-dealkylation sites (N-methyl/N-ethyl adjacent to an activating group) is 1. The molecule has 0 fully saturated rings. The van der Waals surface area contributed by atoms with Gasteiger partial charge in [-0.25, -0.2) is 0 Å². The van der Waals surface area contributed by atoms with Crippen molar-refractivity contribution in [2.24, 2.45) is 0 Å². The van der Waals surface area contributed by atoms with E-state index in [1.54, 1.807) is 0 Å². The Morgan fingerprint density at radius 1 is 1.05 bits per heavy atom. The maximum absolute atomic E-state index is 12.0. The Morgan fingerprint density at radius 3 is 2.27 bits per heavy atom. The molecular weight excluding hydrogens is 340 g/mol. The van der Waals surface area contributed by atoms with Crippen molar-refractivity contribution < 1.29 is 4.79 Å². The second kappa shape index (κ2) is 8.11. The molecule has 0 aliphatic carbocycles. The van der Waals surface area contributed by atoms with E-state index >= 15 is 0 Å². The predicted octanol–water partition coefficient (Wildman–Crippen LogP) is 3.51. The number of rotatable bonds is 6. The molecule has 0 saturated heterocycles. The average Bonchev–Trinajstić information content (AvgIpc) is 2.49. The van der Waals surface area contributed by atoms with Crippen molar-refractivity contribution in [3.05, 3.63) is 69.7 Å². The third-order valence-electron chi connectivity index (χ3n) is 3.39. The minimum absolute atomic E-state index is 0.0418. The first kappa shape index (κ1) is 16.7. The summed E-state index contributed by atoms with van der Waals surface area (Å²) in [5.41, 5.74) is 3.54. The summed E-state index contributed by atoms with van der Waals surface area (Å²) in [6.45, 7) is 3.78. The van der Waals surface area contributed by atoms with Crippen LogP contribution in [0.4, 0.5) is 0 Å². The molecule has 22 heavy (non-hydrogen) atoms. The molecule has 1 amide bonds. The van der Waals surface area contributed by atoms with Crippen LogP contribution >= 0.6 is 15.9 Å². The lowest BCUT2D eigenvalue weighted by Crippen LogP contribution is -2.34. The third-order valence-corrected chi connectivity index (χ3v) is 3.92. The summed E-state index contributed by atoms with van der Waals surface area (Å²) in [4.78, 5) is 14.0. The fourth-order valence-corrected chi connectivity index (χ4v) is 2.43. The van der Waals surface area contributed by atoms with Crippen LogP contribution in [0.2, 0.25) is 0 Å². The molecule has 0 saturated carbocycles. The fourth-order valence-electron chi connectivity index (χ4n) is 2.17. The molecule has 0 aliphatic rings. The van der Waals surface area contributed by atoms with E-state index < -0.39 is 0 Å². The van der Waals surface area contributed by atoms with Gasteiger partial charge in [0.25, 0.3) is 0 Å². The number of nitrogens with zero attached hydrogens (tertiary/aromatic N) is 1. The van der Waals surface area contributed by atoms with E-state index in [0.29, 0.717) is 13.1 Å². The van der Waals surface area contributed by atoms with Crippen LogP contribution < -0.4 is 5.32 Å². The monoisotopic (exact) mass is 360 g/mol. The van der Waals surface area contributed by atoms with Gasteiger partial charge in [-0.2, -0.15) is 0 Å². The van der Waals surface area contributed by atoms with E-state index in [-0.39, 0.29) is 5.91 Å². The van der Waals surface area contributed by atoms with Gasteiger partial charge >= 0.3 is 0 Å². The molecule has 0 bridgehead atoms. The van der Waals surface area contributed by atoms with Gasteiger partial charge in [-0.1, -0.05) is 57.9 Å². The van der Waals surface area contributed by atoms with Gasteiger partial charge in [0.2, 0.25) is 5.91 Å². The van der Waals surface area contributed by atoms with E-state index in [4.69, 9.17) is 0 Å². The Bertz CT molecular complexity index is 608. The first-order valence-electron chi connectivity index (χ1n) is 7.28. The first-order valence-corrected chi connectivity index (χ1v) is 8.07. The van der Waals surface area contributed by atoms with Crippen LogP contribution in [0.3, 0.4) is 0 Å². The van der Waals surface area contributed by atoms with Crippen LogP contribution in [-0.4, -0.2) is 24.4 Å². The molecule has 0 spiro atoms. The second-order valence-electron chi connectivity index (χ2n) is 5.56. The molecule has 0 aromatic heterocycles. The van der Waals surface area contributed by atoms with Crippen LogP contribution in [-0.2, 0) is 17.9 Å². The zero-order valence-corrected chi connectivity index (χ0v) is 14.6. The molecular formula is C18H21BrN2O. The molecule has 2 rings (SSSR count). The van der Waals surface area contributed by atoms with Crippen LogP contribution in [0.5, 0.6) is 0 Å². The van der Waals surface area contributed by atoms with Crippen molar-refractivity contribution in [3.63, 3.8) is 0 Å². The molecule has 2 aromatic rings. The SMILES string of the molecule is Cc1ccc(CNC(=O)CN(C)Cc2ccc(Br)cc2)cc1. The minimum atomic E-state index is 0.0418. The van der Waals surface area contributed by atoms with E-state index in [1.165, 1.54) is 11.1 Å². The summed E-state index contributed by atoms with van der Waals surface area (Å²) in [6, 6.07) is 16.3. The number of amides is 1. The highest BCUT2D eigenvalue weighted by Crippen LogP contribution is 2.11. The summed E-state index contributed by atoms with van der Waals surface area (Å²) < 4.78 is 1.06. The van der Waals surface area contributed by atoms with E-state index in [0.717, 1.165) is 16.6 Å². The number of halogens is 1. The van der Waals surface area contributed by atoms with Gasteiger partial charge in [0, 0.05) is 17.6 Å². The van der Waals surface area contributed by atoms with Gasteiger partial charge in [-0.3, -0.25) is 9.69 Å². The smallest absolute Gasteiger partial charge is 0.234 e. The largest absolute Gasteiger partial charge is 0.351 e. The Balaban J connectivity index is 1.76. The molecule has 2 aromatic carbocycles. The molecule has 0 unspecified atom stereocenters. The Labute approximate surface area is 140 Å². The standard InChI is InChI=1S/C18H21BrN2O/c1-14-3-5-15(6-4-14)11-20-18(22)13-21(2)12-16-7-9-17(19)10-8-16/h3-10H,11-13H2,1-2H3,(H,20,22). The normalized spacial score (nSPS) is 10.7. The minimum Gasteiger partial charge on any atom is -0.351 e. The molecule has 0 radical (unpaired) electrons. The van der Waals surface area contributed by atoms with Gasteiger partial charge in [0.05, 0.1) is 6.54 Å². The fraction of sp³-hybridized carbons (Fsp3) is 0.278. The number of aryl methyl sites for hydroxylation is 1.